The van der Waals surface area contributed by atoms with Crippen LogP contribution in [0.4, 0.5) is 0 Å². The van der Waals surface area contributed by atoms with Crippen LogP contribution in [0.2, 0.25) is 0 Å². The predicted octanol–water partition coefficient (Wildman–Crippen LogP) is 2.52. The molecule has 0 saturated carbocycles. The summed E-state index contributed by atoms with van der Waals surface area (Å²) < 4.78 is 1.67. The van der Waals surface area contributed by atoms with E-state index in [1.807, 2.05) is 13.0 Å². The minimum absolute atomic E-state index is 0.848. The lowest BCUT2D eigenvalue weighted by Gasteiger charge is -1.98. The number of nitrogens with two attached hydrogens (primary N) is 1. The summed E-state index contributed by atoms with van der Waals surface area (Å²) in [5, 5.41) is 2.28. The van der Waals surface area contributed by atoms with Crippen LogP contribution in [0.25, 0.3) is 21.9 Å². The topological polar surface area (TPSA) is 43.8 Å². The second-order valence-corrected chi connectivity index (χ2v) is 4.21. The number of aryl methyl sites for hydroxylation is 2. The van der Waals surface area contributed by atoms with Crippen LogP contribution in [0.3, 0.4) is 0 Å². The van der Waals surface area contributed by atoms with Gasteiger partial charge in [-0.2, -0.15) is 0 Å². The fourth-order valence-corrected chi connectivity index (χ4v) is 2.12. The molecule has 3 aromatic rings. The maximum Gasteiger partial charge on any atom is 0.159 e. The summed E-state index contributed by atoms with van der Waals surface area (Å²) in [4.78, 5) is 4.48. The van der Waals surface area contributed by atoms with Gasteiger partial charge in [0.15, 0.2) is 5.65 Å². The van der Waals surface area contributed by atoms with Crippen molar-refractivity contribution in [2.45, 2.75) is 13.8 Å². The van der Waals surface area contributed by atoms with Crippen molar-refractivity contribution in [1.29, 1.82) is 0 Å². The van der Waals surface area contributed by atoms with Gasteiger partial charge in [-0.05, 0) is 37.6 Å². The second kappa shape index (κ2) is 2.98. The second-order valence-electron chi connectivity index (χ2n) is 4.21. The van der Waals surface area contributed by atoms with Gasteiger partial charge < -0.3 is 5.84 Å². The van der Waals surface area contributed by atoms with Crippen LogP contribution in [-0.4, -0.2) is 9.66 Å². The molecule has 3 heteroatoms. The highest BCUT2D eigenvalue weighted by molar-refractivity contribution is 6.06. The fourth-order valence-electron chi connectivity index (χ4n) is 2.12. The molecule has 0 aliphatic rings. The molecule has 0 aliphatic carbocycles. The van der Waals surface area contributed by atoms with Gasteiger partial charge >= 0.3 is 0 Å². The third-order valence-corrected chi connectivity index (χ3v) is 2.95. The number of aromatic nitrogens is 2. The van der Waals surface area contributed by atoms with Crippen LogP contribution in [0.5, 0.6) is 0 Å². The Morgan fingerprint density at radius 2 is 1.81 bits per heavy atom. The van der Waals surface area contributed by atoms with E-state index in [1.165, 1.54) is 5.56 Å². The maximum atomic E-state index is 6.07. The summed E-state index contributed by atoms with van der Waals surface area (Å²) in [6.07, 6.45) is 0. The lowest BCUT2D eigenvalue weighted by Crippen LogP contribution is -2.08. The van der Waals surface area contributed by atoms with Gasteiger partial charge in [-0.1, -0.05) is 12.1 Å². The van der Waals surface area contributed by atoms with Crippen molar-refractivity contribution in [3.8, 4) is 0 Å². The van der Waals surface area contributed by atoms with E-state index in [0.29, 0.717) is 0 Å². The van der Waals surface area contributed by atoms with Crippen LogP contribution in [0.1, 0.15) is 11.3 Å². The fraction of sp³-hybridized carbons (Fsp3) is 0.154. The van der Waals surface area contributed by atoms with Crippen molar-refractivity contribution in [2.24, 2.45) is 0 Å². The van der Waals surface area contributed by atoms with Gasteiger partial charge in [0.2, 0.25) is 0 Å². The van der Waals surface area contributed by atoms with Crippen LogP contribution < -0.4 is 5.84 Å². The van der Waals surface area contributed by atoms with Crippen molar-refractivity contribution < 1.29 is 0 Å². The van der Waals surface area contributed by atoms with Gasteiger partial charge in [0.05, 0.1) is 5.52 Å². The molecule has 3 rings (SSSR count). The third kappa shape index (κ3) is 1.11. The number of benzene rings is 1. The molecule has 0 radical (unpaired) electrons. The minimum atomic E-state index is 0.848. The van der Waals surface area contributed by atoms with Gasteiger partial charge in [0.25, 0.3) is 0 Å². The molecule has 0 fully saturated rings. The van der Waals surface area contributed by atoms with E-state index in [0.717, 1.165) is 27.6 Å². The average molecular weight is 211 g/mol. The molecule has 0 atom stereocenters. The van der Waals surface area contributed by atoms with Gasteiger partial charge in [-0.15, -0.1) is 0 Å². The monoisotopic (exact) mass is 211 g/mol. The van der Waals surface area contributed by atoms with E-state index in [-0.39, 0.29) is 0 Å². The first-order valence-electron chi connectivity index (χ1n) is 5.30. The maximum absolute atomic E-state index is 6.07. The first kappa shape index (κ1) is 9.21. The summed E-state index contributed by atoms with van der Waals surface area (Å²) >= 11 is 0. The van der Waals surface area contributed by atoms with Crippen LogP contribution in [0.15, 0.2) is 30.3 Å². The molecule has 1 aromatic carbocycles. The normalized spacial score (nSPS) is 11.4. The molecule has 0 spiro atoms. The zero-order valence-corrected chi connectivity index (χ0v) is 9.36. The van der Waals surface area contributed by atoms with Crippen molar-refractivity contribution in [1.82, 2.24) is 9.66 Å². The molecule has 3 nitrogen and oxygen atoms in total. The minimum Gasteiger partial charge on any atom is -0.337 e. The van der Waals surface area contributed by atoms with E-state index in [4.69, 9.17) is 5.84 Å². The molecule has 2 N–H and O–H groups in total. The Hall–Kier alpha value is -2.03. The van der Waals surface area contributed by atoms with Crippen LogP contribution in [-0.2, 0) is 0 Å². The number of hydrogen-bond donors (Lipinski definition) is 1. The summed E-state index contributed by atoms with van der Waals surface area (Å²) in [6.45, 7) is 4.04. The van der Waals surface area contributed by atoms with E-state index in [9.17, 15) is 0 Å². The Labute approximate surface area is 93.5 Å². The van der Waals surface area contributed by atoms with Gasteiger partial charge in [0.1, 0.15) is 0 Å². The molecular formula is C13H13N3. The molecule has 0 aliphatic heterocycles. The number of nitrogen functional groups attached to an aromatic ring is 1. The highest BCUT2D eigenvalue weighted by Gasteiger charge is 2.09. The SMILES string of the molecule is Cc1ccc2c3ccc(C)nc3n(N)c2c1. The molecule has 0 saturated heterocycles. The lowest BCUT2D eigenvalue weighted by molar-refractivity contribution is 1.07. The first-order valence-corrected chi connectivity index (χ1v) is 5.30. The average Bonchev–Trinajstić information content (AvgIpc) is 2.53. The molecule has 0 unspecified atom stereocenters. The standard InChI is InChI=1S/C13H13N3/c1-8-3-5-10-11-6-4-9(2)15-13(11)16(14)12(10)7-8/h3-7H,14H2,1-2H3. The van der Waals surface area contributed by atoms with Crippen molar-refractivity contribution >= 4 is 21.9 Å². The Kier molecular flexibility index (Phi) is 1.72. The Morgan fingerprint density at radius 3 is 2.62 bits per heavy atom. The lowest BCUT2D eigenvalue weighted by atomic mass is 10.1. The van der Waals surface area contributed by atoms with E-state index < -0.39 is 0 Å². The Balaban J connectivity index is 2.59. The Morgan fingerprint density at radius 1 is 1.06 bits per heavy atom. The molecular weight excluding hydrogens is 198 g/mol. The molecule has 80 valence electrons. The number of fused-ring (bicyclic) bond motifs is 3. The largest absolute Gasteiger partial charge is 0.337 e. The smallest absolute Gasteiger partial charge is 0.159 e. The molecule has 2 heterocycles. The summed E-state index contributed by atoms with van der Waals surface area (Å²) in [5.74, 6) is 6.07. The van der Waals surface area contributed by atoms with E-state index >= 15 is 0 Å². The van der Waals surface area contributed by atoms with Gasteiger partial charge in [-0.25, -0.2) is 9.66 Å². The van der Waals surface area contributed by atoms with Gasteiger partial charge in [0, 0.05) is 16.5 Å². The van der Waals surface area contributed by atoms with Gasteiger partial charge in [-0.3, -0.25) is 0 Å². The van der Waals surface area contributed by atoms with Crippen molar-refractivity contribution in [3.63, 3.8) is 0 Å². The quantitative estimate of drug-likeness (QED) is 0.581. The first-order chi connectivity index (χ1) is 7.66. The van der Waals surface area contributed by atoms with Crippen molar-refractivity contribution in [3.05, 3.63) is 41.6 Å². The summed E-state index contributed by atoms with van der Waals surface area (Å²) in [7, 11) is 0. The molecule has 2 aromatic heterocycles. The number of pyridine rings is 1. The number of hydrogen-bond acceptors (Lipinski definition) is 2. The van der Waals surface area contributed by atoms with Crippen LogP contribution in [0, 0.1) is 13.8 Å². The molecule has 0 amide bonds. The van der Waals surface area contributed by atoms with E-state index in [2.05, 4.69) is 36.2 Å². The zero-order chi connectivity index (χ0) is 11.3. The highest BCUT2D eigenvalue weighted by Crippen LogP contribution is 2.26. The summed E-state index contributed by atoms with van der Waals surface area (Å²) in [6, 6.07) is 10.4. The Bertz CT molecular complexity index is 636. The number of nitrogens with zero attached hydrogens (tertiary/aromatic N) is 2. The predicted molar refractivity (Wildman–Crippen MR) is 66.9 cm³/mol. The van der Waals surface area contributed by atoms with Crippen LogP contribution >= 0.6 is 0 Å². The van der Waals surface area contributed by atoms with Crippen molar-refractivity contribution in [2.75, 3.05) is 5.84 Å². The third-order valence-electron chi connectivity index (χ3n) is 2.95. The summed E-state index contributed by atoms with van der Waals surface area (Å²) in [5.41, 5.74) is 4.08. The zero-order valence-electron chi connectivity index (χ0n) is 9.36. The van der Waals surface area contributed by atoms with E-state index in [1.54, 1.807) is 4.68 Å². The molecule has 16 heavy (non-hydrogen) atoms. The highest BCUT2D eigenvalue weighted by atomic mass is 15.3. The molecule has 0 bridgehead atoms. The number of rotatable bonds is 0.